The molecule has 0 saturated heterocycles. The Morgan fingerprint density at radius 1 is 1.06 bits per heavy atom. The van der Waals surface area contributed by atoms with E-state index in [1.165, 1.54) is 4.70 Å². The van der Waals surface area contributed by atoms with E-state index in [0.29, 0.717) is 0 Å². The number of thiophene rings is 1. The molecular weight excluding hydrogens is 218 g/mol. The molecule has 78 valence electrons. The van der Waals surface area contributed by atoms with Crippen LogP contribution in [0, 0.1) is 0 Å². The van der Waals surface area contributed by atoms with Crippen LogP contribution in [0.15, 0.2) is 48.2 Å². The molecule has 1 N–H and O–H groups in total. The highest BCUT2D eigenvalue weighted by Gasteiger charge is 2.04. The lowest BCUT2D eigenvalue weighted by molar-refractivity contribution is 1.32. The Morgan fingerprint density at radius 2 is 1.94 bits per heavy atom. The molecule has 0 fully saturated rings. The van der Waals surface area contributed by atoms with Gasteiger partial charge in [0, 0.05) is 29.7 Å². The topological polar surface area (TPSA) is 37.8 Å². The van der Waals surface area contributed by atoms with Crippen molar-refractivity contribution < 1.29 is 0 Å². The molecule has 16 heavy (non-hydrogen) atoms. The summed E-state index contributed by atoms with van der Waals surface area (Å²) in [7, 11) is 0. The molecule has 0 aliphatic heterocycles. The number of hydrogen-bond donors (Lipinski definition) is 1. The second kappa shape index (κ2) is 3.90. The van der Waals surface area contributed by atoms with Crippen molar-refractivity contribution in [3.05, 3.63) is 48.2 Å². The number of hydrogen-bond acceptors (Lipinski definition) is 4. The van der Waals surface area contributed by atoms with Crippen LogP contribution in [-0.2, 0) is 0 Å². The van der Waals surface area contributed by atoms with Crippen LogP contribution >= 0.6 is 11.3 Å². The molecule has 0 radical (unpaired) electrons. The minimum Gasteiger partial charge on any atom is -0.353 e. The predicted octanol–water partition coefficient (Wildman–Crippen LogP) is 3.43. The minimum atomic E-state index is 1.02. The van der Waals surface area contributed by atoms with Gasteiger partial charge in [0.25, 0.3) is 0 Å². The van der Waals surface area contributed by atoms with Crippen LogP contribution in [0.5, 0.6) is 0 Å². The fourth-order valence-electron chi connectivity index (χ4n) is 1.55. The Kier molecular flexibility index (Phi) is 2.27. The second-order valence-corrected chi connectivity index (χ2v) is 4.27. The van der Waals surface area contributed by atoms with Crippen LogP contribution in [0.25, 0.3) is 10.2 Å². The molecule has 3 heterocycles. The minimum absolute atomic E-state index is 1.02. The molecule has 3 nitrogen and oxygen atoms in total. The van der Waals surface area contributed by atoms with E-state index in [2.05, 4.69) is 26.7 Å². The van der Waals surface area contributed by atoms with Gasteiger partial charge >= 0.3 is 0 Å². The molecule has 0 bridgehead atoms. The smallest absolute Gasteiger partial charge is 0.104 e. The maximum atomic E-state index is 4.37. The first-order valence-electron chi connectivity index (χ1n) is 4.93. The van der Waals surface area contributed by atoms with E-state index < -0.39 is 0 Å². The number of aromatic nitrogens is 2. The van der Waals surface area contributed by atoms with Gasteiger partial charge in [-0.15, -0.1) is 11.3 Å². The molecule has 0 aliphatic carbocycles. The van der Waals surface area contributed by atoms with Crippen molar-refractivity contribution in [2.75, 3.05) is 5.32 Å². The third-order valence-corrected chi connectivity index (χ3v) is 3.23. The second-order valence-electron chi connectivity index (χ2n) is 3.36. The predicted molar refractivity (Wildman–Crippen MR) is 67.1 cm³/mol. The average Bonchev–Trinajstić information content (AvgIpc) is 2.74. The Balaban J connectivity index is 2.01. The monoisotopic (exact) mass is 227 g/mol. The SMILES string of the molecule is c1cnc2c(Nc3ccncc3)csc2c1. The first kappa shape index (κ1) is 9.30. The van der Waals surface area contributed by atoms with Gasteiger partial charge in [-0.1, -0.05) is 0 Å². The van der Waals surface area contributed by atoms with Crippen molar-refractivity contribution in [3.8, 4) is 0 Å². The van der Waals surface area contributed by atoms with Gasteiger partial charge in [0.1, 0.15) is 5.52 Å². The van der Waals surface area contributed by atoms with Crippen LogP contribution in [0.1, 0.15) is 0 Å². The van der Waals surface area contributed by atoms with Crippen molar-refractivity contribution in [1.29, 1.82) is 0 Å². The maximum Gasteiger partial charge on any atom is 0.104 e. The molecule has 0 aliphatic rings. The van der Waals surface area contributed by atoms with Gasteiger partial charge in [0.05, 0.1) is 10.4 Å². The molecule has 3 aromatic heterocycles. The zero-order chi connectivity index (χ0) is 10.8. The van der Waals surface area contributed by atoms with Gasteiger partial charge in [-0.3, -0.25) is 9.97 Å². The molecule has 4 heteroatoms. The summed E-state index contributed by atoms with van der Waals surface area (Å²) in [5.74, 6) is 0. The zero-order valence-corrected chi connectivity index (χ0v) is 9.24. The normalized spacial score (nSPS) is 10.5. The van der Waals surface area contributed by atoms with E-state index in [1.54, 1.807) is 23.7 Å². The third kappa shape index (κ3) is 1.63. The number of fused-ring (bicyclic) bond motifs is 1. The van der Waals surface area contributed by atoms with E-state index in [4.69, 9.17) is 0 Å². The highest BCUT2D eigenvalue weighted by Crippen LogP contribution is 2.29. The summed E-state index contributed by atoms with van der Waals surface area (Å²) < 4.78 is 1.19. The lowest BCUT2D eigenvalue weighted by atomic mass is 10.3. The lowest BCUT2D eigenvalue weighted by Gasteiger charge is -2.03. The summed E-state index contributed by atoms with van der Waals surface area (Å²) in [5.41, 5.74) is 3.09. The molecule has 3 rings (SSSR count). The number of rotatable bonds is 2. The van der Waals surface area contributed by atoms with Crippen LogP contribution in [-0.4, -0.2) is 9.97 Å². The molecular formula is C12H9N3S. The Hall–Kier alpha value is -1.94. The molecule has 0 atom stereocenters. The Labute approximate surface area is 96.8 Å². The van der Waals surface area contributed by atoms with Crippen LogP contribution in [0.4, 0.5) is 11.4 Å². The van der Waals surface area contributed by atoms with E-state index in [9.17, 15) is 0 Å². The molecule has 0 aromatic carbocycles. The Morgan fingerprint density at radius 3 is 2.81 bits per heavy atom. The van der Waals surface area contributed by atoms with Crippen LogP contribution in [0.3, 0.4) is 0 Å². The zero-order valence-electron chi connectivity index (χ0n) is 8.42. The number of pyridine rings is 2. The first-order chi connectivity index (χ1) is 7.93. The van der Waals surface area contributed by atoms with Gasteiger partial charge in [-0.25, -0.2) is 0 Å². The van der Waals surface area contributed by atoms with Gasteiger partial charge in [-0.2, -0.15) is 0 Å². The largest absolute Gasteiger partial charge is 0.353 e. The standard InChI is InChI=1S/C12H9N3S/c1-2-11-12(14-5-1)10(8-16-11)15-9-3-6-13-7-4-9/h1-8H,(H,13,15). The third-order valence-electron chi connectivity index (χ3n) is 2.29. The maximum absolute atomic E-state index is 4.37. The van der Waals surface area contributed by atoms with Gasteiger partial charge < -0.3 is 5.32 Å². The summed E-state index contributed by atoms with van der Waals surface area (Å²) in [4.78, 5) is 8.35. The molecule has 0 saturated carbocycles. The van der Waals surface area contributed by atoms with E-state index in [1.807, 2.05) is 24.4 Å². The van der Waals surface area contributed by atoms with Gasteiger partial charge in [-0.05, 0) is 24.3 Å². The van der Waals surface area contributed by atoms with Crippen molar-refractivity contribution in [2.45, 2.75) is 0 Å². The molecule has 0 spiro atoms. The van der Waals surface area contributed by atoms with E-state index in [0.717, 1.165) is 16.9 Å². The fourth-order valence-corrected chi connectivity index (χ4v) is 2.39. The van der Waals surface area contributed by atoms with Crippen molar-refractivity contribution in [3.63, 3.8) is 0 Å². The van der Waals surface area contributed by atoms with E-state index >= 15 is 0 Å². The average molecular weight is 227 g/mol. The summed E-state index contributed by atoms with van der Waals surface area (Å²) in [6.07, 6.45) is 5.35. The van der Waals surface area contributed by atoms with Crippen LogP contribution < -0.4 is 5.32 Å². The highest BCUT2D eigenvalue weighted by atomic mass is 32.1. The summed E-state index contributed by atoms with van der Waals surface area (Å²) in [5, 5.41) is 5.42. The van der Waals surface area contributed by atoms with Gasteiger partial charge in [0.2, 0.25) is 0 Å². The molecule has 0 amide bonds. The van der Waals surface area contributed by atoms with Crippen molar-refractivity contribution in [1.82, 2.24) is 9.97 Å². The number of anilines is 2. The van der Waals surface area contributed by atoms with E-state index in [-0.39, 0.29) is 0 Å². The van der Waals surface area contributed by atoms with Crippen LogP contribution in [0.2, 0.25) is 0 Å². The Bertz CT molecular complexity index is 604. The quantitative estimate of drug-likeness (QED) is 0.728. The first-order valence-corrected chi connectivity index (χ1v) is 5.81. The molecule has 0 unspecified atom stereocenters. The summed E-state index contributed by atoms with van der Waals surface area (Å²) in [6, 6.07) is 7.90. The summed E-state index contributed by atoms with van der Waals surface area (Å²) >= 11 is 1.69. The van der Waals surface area contributed by atoms with Crippen molar-refractivity contribution in [2.24, 2.45) is 0 Å². The highest BCUT2D eigenvalue weighted by molar-refractivity contribution is 7.17. The van der Waals surface area contributed by atoms with Gasteiger partial charge in [0.15, 0.2) is 0 Å². The lowest BCUT2D eigenvalue weighted by Crippen LogP contribution is -1.89. The summed E-state index contributed by atoms with van der Waals surface area (Å²) in [6.45, 7) is 0. The number of nitrogens with one attached hydrogen (secondary N) is 1. The molecule has 3 aromatic rings. The fraction of sp³-hybridized carbons (Fsp3) is 0. The number of nitrogens with zero attached hydrogens (tertiary/aromatic N) is 2. The van der Waals surface area contributed by atoms with Crippen molar-refractivity contribution >= 4 is 32.9 Å².